The molecule has 0 amide bonds. The van der Waals surface area contributed by atoms with E-state index in [1.807, 2.05) is 6.07 Å². The second kappa shape index (κ2) is 6.02. The first-order chi connectivity index (χ1) is 9.00. The van der Waals surface area contributed by atoms with Crippen LogP contribution in [0.3, 0.4) is 0 Å². The minimum Gasteiger partial charge on any atom is -0.385 e. The fourth-order valence-electron chi connectivity index (χ4n) is 2.13. The van der Waals surface area contributed by atoms with Gasteiger partial charge in [0.05, 0.1) is 4.90 Å². The summed E-state index contributed by atoms with van der Waals surface area (Å²) in [5.41, 5.74) is 1.74. The maximum Gasteiger partial charge on any atom is 0.240 e. The summed E-state index contributed by atoms with van der Waals surface area (Å²) in [6, 6.07) is 5.26. The van der Waals surface area contributed by atoms with E-state index >= 15 is 0 Å². The zero-order chi connectivity index (χ0) is 13.9. The van der Waals surface area contributed by atoms with Crippen molar-refractivity contribution in [3.05, 3.63) is 23.8 Å². The van der Waals surface area contributed by atoms with E-state index in [4.69, 9.17) is 0 Å². The van der Waals surface area contributed by atoms with Crippen LogP contribution in [0.4, 0.5) is 5.69 Å². The van der Waals surface area contributed by atoms with Crippen LogP contribution in [-0.4, -0.2) is 37.7 Å². The van der Waals surface area contributed by atoms with Gasteiger partial charge in [-0.15, -0.1) is 0 Å². The van der Waals surface area contributed by atoms with Gasteiger partial charge in [-0.1, -0.05) is 6.07 Å². The summed E-state index contributed by atoms with van der Waals surface area (Å²) >= 11 is 0. The molecule has 1 unspecified atom stereocenters. The van der Waals surface area contributed by atoms with Gasteiger partial charge in [-0.3, -0.25) is 4.21 Å². The summed E-state index contributed by atoms with van der Waals surface area (Å²) in [6.45, 7) is 1.07. The first kappa shape index (κ1) is 14.5. The van der Waals surface area contributed by atoms with Gasteiger partial charge in [-0.2, -0.15) is 0 Å². The minimum absolute atomic E-state index is 0.197. The van der Waals surface area contributed by atoms with Gasteiger partial charge in [0.25, 0.3) is 0 Å². The highest BCUT2D eigenvalue weighted by Gasteiger charge is 2.21. The van der Waals surface area contributed by atoms with Crippen LogP contribution in [0.2, 0.25) is 0 Å². The third kappa shape index (κ3) is 3.55. The van der Waals surface area contributed by atoms with Crippen molar-refractivity contribution in [2.24, 2.45) is 0 Å². The Bertz CT molecular complexity index is 585. The zero-order valence-corrected chi connectivity index (χ0v) is 12.4. The van der Waals surface area contributed by atoms with E-state index in [0.29, 0.717) is 10.6 Å². The standard InChI is InChI=1S/C12H18N2O3S2/c1-18(15)9-8-14-19(16,17)12-6-2-5-11-10(12)4-3-7-13-11/h2,5-6,13-14H,3-4,7-9H2,1H3. The molecule has 106 valence electrons. The Balaban J connectivity index is 2.23. The second-order valence-corrected chi connectivity index (χ2v) is 7.78. The third-order valence-corrected chi connectivity index (χ3v) is 5.35. The van der Waals surface area contributed by atoms with E-state index in [1.54, 1.807) is 18.4 Å². The molecule has 2 N–H and O–H groups in total. The summed E-state index contributed by atoms with van der Waals surface area (Å²) in [7, 11) is -4.52. The maximum atomic E-state index is 12.2. The lowest BCUT2D eigenvalue weighted by atomic mass is 10.0. The van der Waals surface area contributed by atoms with Crippen LogP contribution in [0.15, 0.2) is 23.1 Å². The van der Waals surface area contributed by atoms with Crippen molar-refractivity contribution in [3.8, 4) is 0 Å². The Morgan fingerprint density at radius 2 is 2.21 bits per heavy atom. The first-order valence-corrected chi connectivity index (χ1v) is 9.37. The van der Waals surface area contributed by atoms with E-state index in [1.165, 1.54) is 0 Å². The lowest BCUT2D eigenvalue weighted by Crippen LogP contribution is -2.29. The van der Waals surface area contributed by atoms with E-state index < -0.39 is 20.8 Å². The van der Waals surface area contributed by atoms with Crippen molar-refractivity contribution in [2.45, 2.75) is 17.7 Å². The highest BCUT2D eigenvalue weighted by Crippen LogP contribution is 2.28. The maximum absolute atomic E-state index is 12.2. The fourth-order valence-corrected chi connectivity index (χ4v) is 3.97. The molecule has 0 saturated heterocycles. The summed E-state index contributed by atoms with van der Waals surface area (Å²) in [5, 5.41) is 3.21. The van der Waals surface area contributed by atoms with E-state index in [-0.39, 0.29) is 6.54 Å². The van der Waals surface area contributed by atoms with Crippen molar-refractivity contribution >= 4 is 26.5 Å². The van der Waals surface area contributed by atoms with Crippen LogP contribution in [0.5, 0.6) is 0 Å². The predicted octanol–water partition coefficient (Wildman–Crippen LogP) is 0.701. The molecule has 1 atom stereocenters. The summed E-state index contributed by atoms with van der Waals surface area (Å²) in [4.78, 5) is 0.332. The molecule has 1 aromatic rings. The van der Waals surface area contributed by atoms with Gasteiger partial charge in [-0.05, 0) is 30.5 Å². The molecule has 5 nitrogen and oxygen atoms in total. The number of hydrogen-bond acceptors (Lipinski definition) is 4. The number of benzene rings is 1. The van der Waals surface area contributed by atoms with Crippen molar-refractivity contribution in [1.82, 2.24) is 4.72 Å². The minimum atomic E-state index is -3.52. The third-order valence-electron chi connectivity index (χ3n) is 3.02. The molecular weight excluding hydrogens is 284 g/mol. The van der Waals surface area contributed by atoms with Gasteiger partial charge >= 0.3 is 0 Å². The first-order valence-electron chi connectivity index (χ1n) is 6.16. The highest BCUT2D eigenvalue weighted by atomic mass is 32.2. The largest absolute Gasteiger partial charge is 0.385 e. The molecule has 0 bridgehead atoms. The Morgan fingerprint density at radius 3 is 2.95 bits per heavy atom. The smallest absolute Gasteiger partial charge is 0.240 e. The van der Waals surface area contributed by atoms with Gasteiger partial charge in [0.2, 0.25) is 10.0 Å². The Hall–Kier alpha value is -0.920. The number of fused-ring (bicyclic) bond motifs is 1. The molecule has 7 heteroatoms. The molecule has 1 aliphatic heterocycles. The van der Waals surface area contributed by atoms with Crippen molar-refractivity contribution in [3.63, 3.8) is 0 Å². The summed E-state index contributed by atoms with van der Waals surface area (Å²) in [6.07, 6.45) is 3.25. The number of sulfonamides is 1. The molecule has 1 aromatic carbocycles. The van der Waals surface area contributed by atoms with Crippen molar-refractivity contribution < 1.29 is 12.6 Å². The lowest BCUT2D eigenvalue weighted by molar-refractivity contribution is 0.582. The molecule has 1 heterocycles. The average molecular weight is 302 g/mol. The van der Waals surface area contributed by atoms with E-state index in [0.717, 1.165) is 30.6 Å². The molecule has 2 rings (SSSR count). The van der Waals surface area contributed by atoms with Gasteiger partial charge < -0.3 is 5.32 Å². The number of anilines is 1. The highest BCUT2D eigenvalue weighted by molar-refractivity contribution is 7.89. The van der Waals surface area contributed by atoms with E-state index in [9.17, 15) is 12.6 Å². The predicted molar refractivity (Wildman–Crippen MR) is 77.4 cm³/mol. The van der Waals surface area contributed by atoms with Gasteiger partial charge in [0.15, 0.2) is 0 Å². The molecule has 0 fully saturated rings. The van der Waals surface area contributed by atoms with Crippen LogP contribution in [-0.2, 0) is 27.2 Å². The van der Waals surface area contributed by atoms with Gasteiger partial charge in [0.1, 0.15) is 0 Å². The van der Waals surface area contributed by atoms with Crippen molar-refractivity contribution in [1.29, 1.82) is 0 Å². The Morgan fingerprint density at radius 1 is 1.42 bits per heavy atom. The Kier molecular flexibility index (Phi) is 4.59. The second-order valence-electron chi connectivity index (χ2n) is 4.49. The van der Waals surface area contributed by atoms with Gasteiger partial charge in [0, 0.05) is 41.6 Å². The van der Waals surface area contributed by atoms with Crippen LogP contribution >= 0.6 is 0 Å². The van der Waals surface area contributed by atoms with Crippen LogP contribution < -0.4 is 10.0 Å². The fraction of sp³-hybridized carbons (Fsp3) is 0.500. The summed E-state index contributed by atoms with van der Waals surface area (Å²) in [5.74, 6) is 0.326. The molecule has 0 spiro atoms. The van der Waals surface area contributed by atoms with Crippen LogP contribution in [0.1, 0.15) is 12.0 Å². The topological polar surface area (TPSA) is 75.3 Å². The summed E-state index contributed by atoms with van der Waals surface area (Å²) < 4.78 is 38.0. The van der Waals surface area contributed by atoms with Gasteiger partial charge in [-0.25, -0.2) is 13.1 Å². The van der Waals surface area contributed by atoms with Crippen LogP contribution in [0.25, 0.3) is 0 Å². The monoisotopic (exact) mass is 302 g/mol. The molecule has 0 saturated carbocycles. The zero-order valence-electron chi connectivity index (χ0n) is 10.8. The van der Waals surface area contributed by atoms with E-state index in [2.05, 4.69) is 10.0 Å². The molecule has 0 radical (unpaired) electrons. The molecule has 0 aromatic heterocycles. The molecular formula is C12H18N2O3S2. The lowest BCUT2D eigenvalue weighted by Gasteiger charge is -2.20. The number of rotatable bonds is 5. The average Bonchev–Trinajstić information content (AvgIpc) is 2.37. The van der Waals surface area contributed by atoms with Crippen LogP contribution in [0, 0.1) is 0 Å². The van der Waals surface area contributed by atoms with Crippen molar-refractivity contribution in [2.75, 3.05) is 30.4 Å². The normalized spacial score (nSPS) is 16.5. The number of hydrogen-bond donors (Lipinski definition) is 2. The Labute approximate surface area is 116 Å². The molecule has 0 aliphatic carbocycles. The SMILES string of the molecule is CS(=O)CCNS(=O)(=O)c1cccc2c1CCCN2. The molecule has 1 aliphatic rings. The molecule has 19 heavy (non-hydrogen) atoms. The quantitative estimate of drug-likeness (QED) is 0.839. The number of nitrogens with one attached hydrogen (secondary N) is 2.